The summed E-state index contributed by atoms with van der Waals surface area (Å²) in [5.74, 6) is 0.284. The van der Waals surface area contributed by atoms with Gasteiger partial charge in [0.15, 0.2) is 0 Å². The van der Waals surface area contributed by atoms with Crippen molar-refractivity contribution in [1.82, 2.24) is 5.32 Å². The molecule has 0 aromatic carbocycles. The Bertz CT molecular complexity index is 318. The third-order valence-electron chi connectivity index (χ3n) is 4.48. The van der Waals surface area contributed by atoms with Crippen molar-refractivity contribution in [2.24, 2.45) is 11.7 Å². The molecule has 1 saturated carbocycles. The highest BCUT2D eigenvalue weighted by Crippen LogP contribution is 2.31. The molecule has 5 nitrogen and oxygen atoms in total. The molecule has 5 heteroatoms. The standard InChI is InChI=1S/C15H28N2O3/c1-2-7-17-15(14(16)18)6-3-4-13(9-15)20-11-12-5-8-19-10-12/h12-13,17H,2-11H2,1H3,(H2,16,18). The lowest BCUT2D eigenvalue weighted by atomic mass is 9.79. The summed E-state index contributed by atoms with van der Waals surface area (Å²) in [6, 6.07) is 0. The number of ether oxygens (including phenoxy) is 2. The molecule has 116 valence electrons. The van der Waals surface area contributed by atoms with E-state index < -0.39 is 5.54 Å². The van der Waals surface area contributed by atoms with Crippen LogP contribution in [0.2, 0.25) is 0 Å². The van der Waals surface area contributed by atoms with Crippen LogP contribution in [0.5, 0.6) is 0 Å². The predicted octanol–water partition coefficient (Wildman–Crippen LogP) is 1.21. The van der Waals surface area contributed by atoms with Crippen molar-refractivity contribution in [3.05, 3.63) is 0 Å². The molecular formula is C15H28N2O3. The smallest absolute Gasteiger partial charge is 0.237 e. The molecular weight excluding hydrogens is 256 g/mol. The number of amides is 1. The first-order valence-corrected chi connectivity index (χ1v) is 7.90. The molecule has 3 atom stereocenters. The van der Waals surface area contributed by atoms with Crippen molar-refractivity contribution in [3.63, 3.8) is 0 Å². The van der Waals surface area contributed by atoms with E-state index in [0.717, 1.165) is 58.5 Å². The number of carbonyl (C=O) groups excluding carboxylic acids is 1. The predicted molar refractivity (Wildman–Crippen MR) is 77.4 cm³/mol. The van der Waals surface area contributed by atoms with Gasteiger partial charge in [-0.2, -0.15) is 0 Å². The van der Waals surface area contributed by atoms with E-state index in [4.69, 9.17) is 15.2 Å². The summed E-state index contributed by atoms with van der Waals surface area (Å²) in [6.45, 7) is 5.32. The molecule has 1 aliphatic heterocycles. The van der Waals surface area contributed by atoms with Gasteiger partial charge in [-0.3, -0.25) is 4.79 Å². The van der Waals surface area contributed by atoms with E-state index in [1.165, 1.54) is 0 Å². The average Bonchev–Trinajstić information content (AvgIpc) is 2.96. The topological polar surface area (TPSA) is 73.6 Å². The molecule has 0 spiro atoms. The molecule has 3 unspecified atom stereocenters. The van der Waals surface area contributed by atoms with Gasteiger partial charge in [0.05, 0.1) is 19.3 Å². The second-order valence-electron chi connectivity index (χ2n) is 6.15. The maximum absolute atomic E-state index is 11.9. The number of hydrogen-bond donors (Lipinski definition) is 2. The second kappa shape index (κ2) is 7.38. The van der Waals surface area contributed by atoms with Crippen molar-refractivity contribution in [3.8, 4) is 0 Å². The van der Waals surface area contributed by atoms with Gasteiger partial charge in [-0.1, -0.05) is 6.92 Å². The number of carbonyl (C=O) groups is 1. The Morgan fingerprint density at radius 2 is 2.35 bits per heavy atom. The summed E-state index contributed by atoms with van der Waals surface area (Å²) < 4.78 is 11.4. The van der Waals surface area contributed by atoms with Gasteiger partial charge in [0.25, 0.3) is 0 Å². The van der Waals surface area contributed by atoms with Crippen LogP contribution in [0.1, 0.15) is 45.4 Å². The molecule has 0 radical (unpaired) electrons. The van der Waals surface area contributed by atoms with Gasteiger partial charge in [0.1, 0.15) is 5.54 Å². The quantitative estimate of drug-likeness (QED) is 0.737. The first-order chi connectivity index (χ1) is 9.66. The van der Waals surface area contributed by atoms with E-state index in [9.17, 15) is 4.79 Å². The molecule has 1 heterocycles. The molecule has 0 aromatic rings. The largest absolute Gasteiger partial charge is 0.381 e. The number of primary amides is 1. The highest BCUT2D eigenvalue weighted by atomic mass is 16.5. The van der Waals surface area contributed by atoms with Crippen LogP contribution in [0.15, 0.2) is 0 Å². The first-order valence-electron chi connectivity index (χ1n) is 7.90. The Morgan fingerprint density at radius 3 is 3.00 bits per heavy atom. The van der Waals surface area contributed by atoms with Gasteiger partial charge in [0.2, 0.25) is 5.91 Å². The minimum absolute atomic E-state index is 0.140. The maximum Gasteiger partial charge on any atom is 0.237 e. The number of rotatable bonds is 7. The summed E-state index contributed by atoms with van der Waals surface area (Å²) in [7, 11) is 0. The normalized spacial score (nSPS) is 34.2. The molecule has 20 heavy (non-hydrogen) atoms. The minimum atomic E-state index is -0.564. The molecule has 2 fully saturated rings. The van der Waals surface area contributed by atoms with Crippen LogP contribution in [-0.4, -0.2) is 43.9 Å². The minimum Gasteiger partial charge on any atom is -0.381 e. The van der Waals surface area contributed by atoms with Gasteiger partial charge in [-0.05, 0) is 38.6 Å². The number of hydrogen-bond acceptors (Lipinski definition) is 4. The van der Waals surface area contributed by atoms with Crippen LogP contribution in [0, 0.1) is 5.92 Å². The van der Waals surface area contributed by atoms with Gasteiger partial charge in [0, 0.05) is 18.9 Å². The van der Waals surface area contributed by atoms with Crippen molar-refractivity contribution in [2.45, 2.75) is 57.1 Å². The molecule has 1 amide bonds. The molecule has 3 N–H and O–H groups in total. The third kappa shape index (κ3) is 3.93. The van der Waals surface area contributed by atoms with E-state index in [-0.39, 0.29) is 12.0 Å². The zero-order valence-corrected chi connectivity index (χ0v) is 12.5. The summed E-state index contributed by atoms with van der Waals surface area (Å²) in [5.41, 5.74) is 5.08. The lowest BCUT2D eigenvalue weighted by Crippen LogP contribution is -2.59. The van der Waals surface area contributed by atoms with Crippen molar-refractivity contribution < 1.29 is 14.3 Å². The Morgan fingerprint density at radius 1 is 1.50 bits per heavy atom. The van der Waals surface area contributed by atoms with E-state index in [1.54, 1.807) is 0 Å². The fourth-order valence-electron chi connectivity index (χ4n) is 3.19. The van der Waals surface area contributed by atoms with Crippen LogP contribution in [0.25, 0.3) is 0 Å². The fraction of sp³-hybridized carbons (Fsp3) is 0.933. The Labute approximate surface area is 121 Å². The van der Waals surface area contributed by atoms with Crippen molar-refractivity contribution >= 4 is 5.91 Å². The molecule has 2 aliphatic rings. The zero-order chi connectivity index (χ0) is 14.4. The van der Waals surface area contributed by atoms with E-state index in [2.05, 4.69) is 12.2 Å². The summed E-state index contributed by atoms with van der Waals surface area (Å²) in [5, 5.41) is 3.36. The maximum atomic E-state index is 11.9. The molecule has 1 aliphatic carbocycles. The number of nitrogens with one attached hydrogen (secondary N) is 1. The lowest BCUT2D eigenvalue weighted by molar-refractivity contribution is -0.128. The molecule has 0 aromatic heterocycles. The van der Waals surface area contributed by atoms with Crippen LogP contribution < -0.4 is 11.1 Å². The Balaban J connectivity index is 1.85. The van der Waals surface area contributed by atoms with Gasteiger partial charge >= 0.3 is 0 Å². The van der Waals surface area contributed by atoms with Crippen LogP contribution in [0.4, 0.5) is 0 Å². The first kappa shape index (κ1) is 15.7. The SMILES string of the molecule is CCCNC1(C(N)=O)CCCC(OCC2CCOC2)C1. The van der Waals surface area contributed by atoms with Crippen LogP contribution >= 0.6 is 0 Å². The van der Waals surface area contributed by atoms with Crippen LogP contribution in [-0.2, 0) is 14.3 Å². The van der Waals surface area contributed by atoms with Gasteiger partial charge in [-0.25, -0.2) is 0 Å². The zero-order valence-electron chi connectivity index (χ0n) is 12.5. The van der Waals surface area contributed by atoms with Crippen LogP contribution in [0.3, 0.4) is 0 Å². The Hall–Kier alpha value is -0.650. The van der Waals surface area contributed by atoms with E-state index in [0.29, 0.717) is 12.3 Å². The summed E-state index contributed by atoms with van der Waals surface area (Å²) in [4.78, 5) is 11.9. The molecule has 2 rings (SSSR count). The third-order valence-corrected chi connectivity index (χ3v) is 4.48. The second-order valence-corrected chi connectivity index (χ2v) is 6.15. The lowest BCUT2D eigenvalue weighted by Gasteiger charge is -2.39. The highest BCUT2D eigenvalue weighted by Gasteiger charge is 2.41. The Kier molecular flexibility index (Phi) is 5.81. The van der Waals surface area contributed by atoms with Gasteiger partial charge in [-0.15, -0.1) is 0 Å². The molecule has 0 bridgehead atoms. The highest BCUT2D eigenvalue weighted by molar-refractivity contribution is 5.84. The fourth-order valence-corrected chi connectivity index (χ4v) is 3.19. The average molecular weight is 284 g/mol. The van der Waals surface area contributed by atoms with E-state index >= 15 is 0 Å². The monoisotopic (exact) mass is 284 g/mol. The molecule has 1 saturated heterocycles. The van der Waals surface area contributed by atoms with Crippen molar-refractivity contribution in [1.29, 1.82) is 0 Å². The summed E-state index contributed by atoms with van der Waals surface area (Å²) >= 11 is 0. The van der Waals surface area contributed by atoms with E-state index in [1.807, 2.05) is 0 Å². The number of nitrogens with two attached hydrogens (primary N) is 1. The van der Waals surface area contributed by atoms with Crippen molar-refractivity contribution in [2.75, 3.05) is 26.4 Å². The summed E-state index contributed by atoms with van der Waals surface area (Å²) in [6.07, 6.45) is 5.77. The van der Waals surface area contributed by atoms with Gasteiger partial charge < -0.3 is 20.5 Å².